The summed E-state index contributed by atoms with van der Waals surface area (Å²) >= 11 is 0. The van der Waals surface area contributed by atoms with Crippen molar-refractivity contribution >= 4 is 16.9 Å². The highest BCUT2D eigenvalue weighted by atomic mass is 16.6. The van der Waals surface area contributed by atoms with Crippen LogP contribution in [0.2, 0.25) is 0 Å². The molecule has 0 saturated carbocycles. The summed E-state index contributed by atoms with van der Waals surface area (Å²) in [5.74, 6) is 0.559. The van der Waals surface area contributed by atoms with Crippen LogP contribution < -0.4 is 19.6 Å². The summed E-state index contributed by atoms with van der Waals surface area (Å²) in [4.78, 5) is 25.6. The average Bonchev–Trinajstić information content (AvgIpc) is 2.74. The summed E-state index contributed by atoms with van der Waals surface area (Å²) in [6, 6.07) is 8.82. The topological polar surface area (TPSA) is 84.2 Å². The molecule has 0 saturated heterocycles. The molecule has 1 atom stereocenters. The zero-order valence-corrected chi connectivity index (χ0v) is 18.5. The predicted octanol–water partition coefficient (Wildman–Crippen LogP) is 4.42. The van der Waals surface area contributed by atoms with E-state index >= 15 is 0 Å². The molecule has 0 N–H and O–H groups in total. The highest BCUT2D eigenvalue weighted by molar-refractivity contribution is 5.86. The van der Waals surface area contributed by atoms with Crippen molar-refractivity contribution in [2.75, 3.05) is 20.8 Å². The van der Waals surface area contributed by atoms with E-state index in [4.69, 9.17) is 23.4 Å². The van der Waals surface area contributed by atoms with Crippen LogP contribution in [0.25, 0.3) is 22.3 Å². The Kier molecular flexibility index (Phi) is 6.53. The lowest BCUT2D eigenvalue weighted by atomic mass is 10.0. The maximum Gasteiger partial charge on any atom is 0.347 e. The van der Waals surface area contributed by atoms with Crippen LogP contribution in [-0.2, 0) is 9.53 Å². The minimum Gasteiger partial charge on any atom is -0.493 e. The van der Waals surface area contributed by atoms with Crippen LogP contribution in [0.5, 0.6) is 17.2 Å². The van der Waals surface area contributed by atoms with Crippen molar-refractivity contribution in [2.24, 2.45) is 0 Å². The van der Waals surface area contributed by atoms with Gasteiger partial charge in [-0.1, -0.05) is 6.07 Å². The molecule has 3 rings (SSSR count). The number of esters is 1. The van der Waals surface area contributed by atoms with Crippen molar-refractivity contribution in [1.82, 2.24) is 0 Å². The zero-order valence-electron chi connectivity index (χ0n) is 18.5. The second-order valence-electron chi connectivity index (χ2n) is 7.13. The first-order valence-corrected chi connectivity index (χ1v) is 9.94. The van der Waals surface area contributed by atoms with Crippen LogP contribution in [0.3, 0.4) is 0 Å². The molecular formula is C24H26O7. The smallest absolute Gasteiger partial charge is 0.347 e. The molecule has 31 heavy (non-hydrogen) atoms. The number of ether oxygens (including phenoxy) is 4. The third kappa shape index (κ3) is 4.35. The van der Waals surface area contributed by atoms with E-state index < -0.39 is 12.1 Å². The summed E-state index contributed by atoms with van der Waals surface area (Å²) in [6.45, 7) is 7.20. The normalized spacial score (nSPS) is 11.8. The lowest BCUT2D eigenvalue weighted by Crippen LogP contribution is -2.28. The van der Waals surface area contributed by atoms with E-state index in [0.29, 0.717) is 28.0 Å². The van der Waals surface area contributed by atoms with Crippen molar-refractivity contribution in [3.05, 3.63) is 51.7 Å². The van der Waals surface area contributed by atoms with Gasteiger partial charge in [-0.3, -0.25) is 4.79 Å². The summed E-state index contributed by atoms with van der Waals surface area (Å²) in [5, 5.41) is 0.404. The number of methoxy groups -OCH3 is 2. The minimum absolute atomic E-state index is 0.0628. The Morgan fingerprint density at radius 3 is 2.42 bits per heavy atom. The second-order valence-corrected chi connectivity index (χ2v) is 7.13. The molecule has 1 unspecified atom stereocenters. The number of aryl methyl sites for hydroxylation is 2. The van der Waals surface area contributed by atoms with Gasteiger partial charge < -0.3 is 23.4 Å². The lowest BCUT2D eigenvalue weighted by molar-refractivity contribution is -0.150. The molecule has 0 radical (unpaired) electrons. The van der Waals surface area contributed by atoms with E-state index in [0.717, 1.165) is 11.1 Å². The van der Waals surface area contributed by atoms with Gasteiger partial charge >= 0.3 is 5.97 Å². The Hall–Kier alpha value is -3.48. The fraction of sp³-hybridized carbons (Fsp3) is 0.333. The van der Waals surface area contributed by atoms with Gasteiger partial charge in [0, 0.05) is 5.56 Å². The summed E-state index contributed by atoms with van der Waals surface area (Å²) < 4.78 is 27.7. The average molecular weight is 426 g/mol. The van der Waals surface area contributed by atoms with Crippen LogP contribution in [0.15, 0.2) is 39.5 Å². The molecule has 0 spiro atoms. The Morgan fingerprint density at radius 1 is 1.06 bits per heavy atom. The van der Waals surface area contributed by atoms with Crippen LogP contribution >= 0.6 is 0 Å². The van der Waals surface area contributed by atoms with Crippen LogP contribution in [0, 0.1) is 13.8 Å². The highest BCUT2D eigenvalue weighted by Crippen LogP contribution is 2.37. The number of fused-ring (bicyclic) bond motifs is 1. The van der Waals surface area contributed by atoms with Crippen LogP contribution in [-0.4, -0.2) is 32.9 Å². The first-order valence-electron chi connectivity index (χ1n) is 9.94. The largest absolute Gasteiger partial charge is 0.493 e. The molecule has 0 aliphatic rings. The van der Waals surface area contributed by atoms with Crippen molar-refractivity contribution in [1.29, 1.82) is 0 Å². The molecule has 1 heterocycles. The molecule has 0 fully saturated rings. The third-order valence-corrected chi connectivity index (χ3v) is 4.85. The van der Waals surface area contributed by atoms with Gasteiger partial charge in [0.25, 0.3) is 0 Å². The molecule has 7 heteroatoms. The predicted molar refractivity (Wildman–Crippen MR) is 117 cm³/mol. The Balaban J connectivity index is 2.28. The maximum atomic E-state index is 13.5. The number of carbonyl (C=O) groups is 1. The van der Waals surface area contributed by atoms with E-state index in [-0.39, 0.29) is 23.5 Å². The Labute approximate surface area is 180 Å². The first-order chi connectivity index (χ1) is 14.8. The zero-order chi connectivity index (χ0) is 22.7. The third-order valence-electron chi connectivity index (χ3n) is 4.85. The van der Waals surface area contributed by atoms with E-state index in [9.17, 15) is 9.59 Å². The minimum atomic E-state index is -0.995. The molecule has 0 aliphatic carbocycles. The molecule has 0 amide bonds. The molecule has 7 nitrogen and oxygen atoms in total. The number of rotatable bonds is 7. The molecular weight excluding hydrogens is 400 g/mol. The summed E-state index contributed by atoms with van der Waals surface area (Å²) in [5.41, 5.74) is 2.33. The first kappa shape index (κ1) is 22.2. The highest BCUT2D eigenvalue weighted by Gasteiger charge is 2.25. The number of hydrogen-bond acceptors (Lipinski definition) is 7. The van der Waals surface area contributed by atoms with Gasteiger partial charge in [0.05, 0.1) is 26.2 Å². The summed E-state index contributed by atoms with van der Waals surface area (Å²) in [6.07, 6.45) is -0.995. The fourth-order valence-electron chi connectivity index (χ4n) is 3.43. The van der Waals surface area contributed by atoms with Gasteiger partial charge in [-0.2, -0.15) is 0 Å². The van der Waals surface area contributed by atoms with Gasteiger partial charge in [-0.25, -0.2) is 4.79 Å². The van der Waals surface area contributed by atoms with Crippen molar-refractivity contribution in [2.45, 2.75) is 33.8 Å². The Bertz CT molecular complexity index is 1180. The standard InChI is InChI=1S/C24H26O7/c1-7-29-24(26)15(4)30-23-21(25)20-14(3)10-13(2)11-19(20)31-22(23)16-8-9-17(27-5)18(12-16)28-6/h8-12,15H,7H2,1-6H3. The van der Waals surface area contributed by atoms with E-state index in [1.165, 1.54) is 21.1 Å². The summed E-state index contributed by atoms with van der Waals surface area (Å²) in [7, 11) is 3.06. The monoisotopic (exact) mass is 426 g/mol. The lowest BCUT2D eigenvalue weighted by Gasteiger charge is -2.17. The van der Waals surface area contributed by atoms with E-state index in [1.54, 1.807) is 31.2 Å². The molecule has 3 aromatic rings. The van der Waals surface area contributed by atoms with Crippen molar-refractivity contribution < 1.29 is 28.2 Å². The maximum absolute atomic E-state index is 13.5. The number of benzene rings is 2. The molecule has 0 bridgehead atoms. The Morgan fingerprint density at radius 2 is 1.77 bits per heavy atom. The van der Waals surface area contributed by atoms with E-state index in [2.05, 4.69) is 0 Å². The van der Waals surface area contributed by atoms with Gasteiger partial charge in [0.2, 0.25) is 11.2 Å². The molecule has 1 aromatic heterocycles. The molecule has 164 valence electrons. The fourth-order valence-corrected chi connectivity index (χ4v) is 3.43. The SMILES string of the molecule is CCOC(=O)C(C)Oc1c(-c2ccc(OC)c(OC)c2)oc2cc(C)cc(C)c2c1=O. The van der Waals surface area contributed by atoms with Crippen LogP contribution in [0.1, 0.15) is 25.0 Å². The molecule has 2 aromatic carbocycles. The quantitative estimate of drug-likeness (QED) is 0.517. The van der Waals surface area contributed by atoms with Gasteiger partial charge in [0.15, 0.2) is 23.4 Å². The molecule has 0 aliphatic heterocycles. The van der Waals surface area contributed by atoms with Gasteiger partial charge in [-0.15, -0.1) is 0 Å². The van der Waals surface area contributed by atoms with Crippen LogP contribution in [0.4, 0.5) is 0 Å². The van der Waals surface area contributed by atoms with Gasteiger partial charge in [0.1, 0.15) is 5.58 Å². The van der Waals surface area contributed by atoms with Gasteiger partial charge in [-0.05, 0) is 63.1 Å². The number of carbonyl (C=O) groups excluding carboxylic acids is 1. The van der Waals surface area contributed by atoms with Crippen molar-refractivity contribution in [3.63, 3.8) is 0 Å². The van der Waals surface area contributed by atoms with Crippen molar-refractivity contribution in [3.8, 4) is 28.6 Å². The van der Waals surface area contributed by atoms with E-state index in [1.807, 2.05) is 19.9 Å². The number of hydrogen-bond donors (Lipinski definition) is 0. The second kappa shape index (κ2) is 9.12.